The summed E-state index contributed by atoms with van der Waals surface area (Å²) in [7, 11) is 0. The van der Waals surface area contributed by atoms with Gasteiger partial charge in [0.25, 0.3) is 0 Å². The zero-order chi connectivity index (χ0) is 26.0. The molecule has 0 bridgehead atoms. The van der Waals surface area contributed by atoms with Crippen LogP contribution in [0.5, 0.6) is 0 Å². The van der Waals surface area contributed by atoms with Gasteiger partial charge >= 0.3 is 11.9 Å². The maximum Gasteiger partial charge on any atom is 0.326 e. The van der Waals surface area contributed by atoms with Crippen LogP contribution in [0.25, 0.3) is 0 Å². The minimum Gasteiger partial charge on any atom is -0.481 e. The Morgan fingerprint density at radius 1 is 0.794 bits per heavy atom. The van der Waals surface area contributed by atoms with E-state index in [-0.39, 0.29) is 12.3 Å². The molecule has 1 rings (SSSR count). The van der Waals surface area contributed by atoms with Crippen molar-refractivity contribution < 1.29 is 34.2 Å². The Labute approximate surface area is 198 Å². The molecule has 188 valence electrons. The highest BCUT2D eigenvalue weighted by molar-refractivity contribution is 5.95. The van der Waals surface area contributed by atoms with E-state index in [0.29, 0.717) is 5.56 Å². The highest BCUT2D eigenvalue weighted by Gasteiger charge is 2.33. The van der Waals surface area contributed by atoms with Crippen LogP contribution in [-0.4, -0.2) is 64.0 Å². The fourth-order valence-electron chi connectivity index (χ4n) is 3.05. The van der Waals surface area contributed by atoms with E-state index in [1.54, 1.807) is 58.0 Å². The minimum absolute atomic E-state index is 0.0332. The zero-order valence-corrected chi connectivity index (χ0v) is 19.8. The SMILES string of the molecule is CC(C)C(N)C(=O)NC(CC(=O)O)C(=O)NC(C(=O)NC(Cc1ccccc1)C(=O)O)C(C)C. The molecule has 4 atom stereocenters. The topological polar surface area (TPSA) is 188 Å². The van der Waals surface area contributed by atoms with Gasteiger partial charge in [0.15, 0.2) is 0 Å². The molecule has 0 fully saturated rings. The number of carbonyl (C=O) groups excluding carboxylic acids is 3. The summed E-state index contributed by atoms with van der Waals surface area (Å²) >= 11 is 0. The van der Waals surface area contributed by atoms with Crippen LogP contribution in [0.15, 0.2) is 30.3 Å². The third-order valence-corrected chi connectivity index (χ3v) is 5.18. The van der Waals surface area contributed by atoms with Crippen LogP contribution in [0.1, 0.15) is 39.7 Å². The van der Waals surface area contributed by atoms with E-state index in [4.69, 9.17) is 10.8 Å². The van der Waals surface area contributed by atoms with Gasteiger partial charge in [0.1, 0.15) is 18.1 Å². The minimum atomic E-state index is -1.47. The van der Waals surface area contributed by atoms with Gasteiger partial charge in [-0.15, -0.1) is 0 Å². The smallest absolute Gasteiger partial charge is 0.326 e. The van der Waals surface area contributed by atoms with Gasteiger partial charge in [0, 0.05) is 6.42 Å². The van der Waals surface area contributed by atoms with Crippen LogP contribution < -0.4 is 21.7 Å². The number of amides is 3. The van der Waals surface area contributed by atoms with E-state index in [2.05, 4.69) is 16.0 Å². The average Bonchev–Trinajstić information content (AvgIpc) is 2.75. The third-order valence-electron chi connectivity index (χ3n) is 5.18. The van der Waals surface area contributed by atoms with Crippen LogP contribution in [0.3, 0.4) is 0 Å². The molecule has 0 spiro atoms. The largest absolute Gasteiger partial charge is 0.481 e. The molecule has 3 amide bonds. The van der Waals surface area contributed by atoms with Gasteiger partial charge in [-0.25, -0.2) is 4.79 Å². The van der Waals surface area contributed by atoms with Crippen molar-refractivity contribution in [2.24, 2.45) is 17.6 Å². The molecule has 0 aliphatic carbocycles. The van der Waals surface area contributed by atoms with Crippen LogP contribution in [0.2, 0.25) is 0 Å². The van der Waals surface area contributed by atoms with E-state index >= 15 is 0 Å². The van der Waals surface area contributed by atoms with Gasteiger partial charge in [0.05, 0.1) is 12.5 Å². The standard InChI is InChI=1S/C23H34N4O7/c1-12(2)18(24)21(31)25-15(11-17(28)29)20(30)27-19(13(3)4)22(32)26-16(23(33)34)10-14-8-6-5-7-9-14/h5-9,12-13,15-16,18-19H,10-11,24H2,1-4H3,(H,25,31)(H,26,32)(H,27,30)(H,28,29)(H,33,34). The maximum absolute atomic E-state index is 12.9. The lowest BCUT2D eigenvalue weighted by Crippen LogP contribution is -2.59. The molecule has 1 aromatic rings. The number of nitrogens with two attached hydrogens (primary N) is 1. The Balaban J connectivity index is 2.98. The Morgan fingerprint density at radius 3 is 1.82 bits per heavy atom. The van der Waals surface area contributed by atoms with Crippen molar-refractivity contribution >= 4 is 29.7 Å². The van der Waals surface area contributed by atoms with Gasteiger partial charge in [0.2, 0.25) is 17.7 Å². The molecule has 4 unspecified atom stereocenters. The summed E-state index contributed by atoms with van der Waals surface area (Å²) in [5.41, 5.74) is 6.47. The fourth-order valence-corrected chi connectivity index (χ4v) is 3.05. The van der Waals surface area contributed by atoms with Gasteiger partial charge in [-0.05, 0) is 17.4 Å². The first-order valence-corrected chi connectivity index (χ1v) is 11.0. The summed E-state index contributed by atoms with van der Waals surface area (Å²) in [5.74, 6) is -5.63. The summed E-state index contributed by atoms with van der Waals surface area (Å²) in [4.78, 5) is 60.9. The van der Waals surface area contributed by atoms with Gasteiger partial charge < -0.3 is 31.9 Å². The van der Waals surface area contributed by atoms with Crippen molar-refractivity contribution in [2.75, 3.05) is 0 Å². The number of carbonyl (C=O) groups is 5. The van der Waals surface area contributed by atoms with Crippen LogP contribution in [-0.2, 0) is 30.4 Å². The predicted molar refractivity (Wildman–Crippen MR) is 123 cm³/mol. The molecule has 0 heterocycles. The number of nitrogens with one attached hydrogen (secondary N) is 3. The molecular formula is C23H34N4O7. The number of benzene rings is 1. The molecule has 0 saturated carbocycles. The number of hydrogen-bond donors (Lipinski definition) is 6. The Morgan fingerprint density at radius 2 is 1.35 bits per heavy atom. The first-order valence-electron chi connectivity index (χ1n) is 11.0. The first-order chi connectivity index (χ1) is 15.8. The van der Waals surface area contributed by atoms with Crippen molar-refractivity contribution in [3.05, 3.63) is 35.9 Å². The fraction of sp³-hybridized carbons (Fsp3) is 0.522. The second kappa shape index (κ2) is 13.3. The number of aliphatic carboxylic acids is 2. The van der Waals surface area contributed by atoms with Gasteiger partial charge in [-0.2, -0.15) is 0 Å². The molecule has 1 aromatic carbocycles. The lowest BCUT2D eigenvalue weighted by atomic mass is 10.00. The number of hydrogen-bond acceptors (Lipinski definition) is 6. The monoisotopic (exact) mass is 478 g/mol. The zero-order valence-electron chi connectivity index (χ0n) is 19.8. The summed E-state index contributed by atoms with van der Waals surface area (Å²) in [6.45, 7) is 6.67. The lowest BCUT2D eigenvalue weighted by Gasteiger charge is -2.27. The normalized spacial score (nSPS) is 14.6. The molecule has 11 nitrogen and oxygen atoms in total. The molecule has 0 aromatic heterocycles. The summed E-state index contributed by atoms with van der Waals surface area (Å²) in [5, 5.41) is 25.9. The summed E-state index contributed by atoms with van der Waals surface area (Å²) in [6.07, 6.45) is -0.688. The predicted octanol–water partition coefficient (Wildman–Crippen LogP) is -0.118. The number of rotatable bonds is 13. The van der Waals surface area contributed by atoms with E-state index in [0.717, 1.165) is 0 Å². The number of carboxylic acid groups (broad SMARTS) is 2. The van der Waals surface area contributed by atoms with Crippen molar-refractivity contribution in [2.45, 2.75) is 64.7 Å². The van der Waals surface area contributed by atoms with Crippen LogP contribution >= 0.6 is 0 Å². The van der Waals surface area contributed by atoms with E-state index in [1.807, 2.05) is 0 Å². The third kappa shape index (κ3) is 9.18. The Hall–Kier alpha value is -3.47. The molecular weight excluding hydrogens is 444 g/mol. The van der Waals surface area contributed by atoms with Crippen molar-refractivity contribution in [1.82, 2.24) is 16.0 Å². The van der Waals surface area contributed by atoms with E-state index in [9.17, 15) is 29.1 Å². The second-order valence-electron chi connectivity index (χ2n) is 8.75. The maximum atomic E-state index is 12.9. The molecule has 7 N–H and O–H groups in total. The quantitative estimate of drug-likeness (QED) is 0.226. The Kier molecular flexibility index (Phi) is 11.2. The average molecular weight is 479 g/mol. The van der Waals surface area contributed by atoms with Crippen molar-refractivity contribution in [3.8, 4) is 0 Å². The summed E-state index contributed by atoms with van der Waals surface area (Å²) < 4.78 is 0. The van der Waals surface area contributed by atoms with E-state index < -0.39 is 66.2 Å². The molecule has 34 heavy (non-hydrogen) atoms. The molecule has 11 heteroatoms. The van der Waals surface area contributed by atoms with Crippen LogP contribution in [0.4, 0.5) is 0 Å². The molecule has 0 saturated heterocycles. The number of carboxylic acids is 2. The Bertz CT molecular complexity index is 873. The highest BCUT2D eigenvalue weighted by atomic mass is 16.4. The highest BCUT2D eigenvalue weighted by Crippen LogP contribution is 2.08. The molecule has 0 radical (unpaired) electrons. The van der Waals surface area contributed by atoms with Crippen molar-refractivity contribution in [1.29, 1.82) is 0 Å². The summed E-state index contributed by atoms with van der Waals surface area (Å²) in [6, 6.07) is 3.89. The van der Waals surface area contributed by atoms with Crippen LogP contribution in [0, 0.1) is 11.8 Å². The van der Waals surface area contributed by atoms with Gasteiger partial charge in [-0.3, -0.25) is 19.2 Å². The van der Waals surface area contributed by atoms with Gasteiger partial charge in [-0.1, -0.05) is 58.0 Å². The lowest BCUT2D eigenvalue weighted by molar-refractivity contribution is -0.143. The molecule has 0 aliphatic rings. The first kappa shape index (κ1) is 28.6. The second-order valence-corrected chi connectivity index (χ2v) is 8.75. The van der Waals surface area contributed by atoms with Crippen molar-refractivity contribution in [3.63, 3.8) is 0 Å². The molecule has 0 aliphatic heterocycles. The van der Waals surface area contributed by atoms with E-state index in [1.165, 1.54) is 0 Å².